The Morgan fingerprint density at radius 2 is 2.29 bits per heavy atom. The van der Waals surface area contributed by atoms with Crippen LogP contribution in [0.5, 0.6) is 0 Å². The molecule has 1 aliphatic rings. The maximum Gasteiger partial charge on any atom is 0.417 e. The Morgan fingerprint density at radius 1 is 1.41 bits per heavy atom. The first-order chi connectivity index (χ1) is 8.22. The van der Waals surface area contributed by atoms with Gasteiger partial charge in [-0.1, -0.05) is 0 Å². The zero-order chi connectivity index (χ0) is 11.8. The third-order valence-corrected chi connectivity index (χ3v) is 3.34. The number of anilines is 1. The maximum atomic E-state index is 11.0. The molecule has 1 saturated carbocycles. The standard InChI is InChI=1S/C12H15N3O2/c13-8-2-1-3-9(8)14-7-4-5-10-11(6-7)17-12(16)15-10/h4-6,8-9,14H,1-3,13H2,(H,15,16). The van der Waals surface area contributed by atoms with Crippen molar-refractivity contribution >= 4 is 16.8 Å². The summed E-state index contributed by atoms with van der Waals surface area (Å²) in [4.78, 5) is 13.6. The van der Waals surface area contributed by atoms with E-state index in [1.807, 2.05) is 18.2 Å². The molecule has 2 aromatic rings. The number of aromatic amines is 1. The number of benzene rings is 1. The number of fused-ring (bicyclic) bond motifs is 1. The van der Waals surface area contributed by atoms with Gasteiger partial charge in [-0.2, -0.15) is 0 Å². The van der Waals surface area contributed by atoms with E-state index in [1.54, 1.807) is 0 Å². The van der Waals surface area contributed by atoms with Crippen molar-refractivity contribution in [3.8, 4) is 0 Å². The monoisotopic (exact) mass is 233 g/mol. The number of rotatable bonds is 2. The molecule has 1 aromatic carbocycles. The van der Waals surface area contributed by atoms with Crippen LogP contribution in [0.2, 0.25) is 0 Å². The summed E-state index contributed by atoms with van der Waals surface area (Å²) in [5.41, 5.74) is 8.24. The van der Waals surface area contributed by atoms with Gasteiger partial charge in [0.05, 0.1) is 5.52 Å². The Balaban J connectivity index is 1.87. The predicted octanol–water partition coefficient (Wildman–Crippen LogP) is 1.41. The van der Waals surface area contributed by atoms with Crippen molar-refractivity contribution < 1.29 is 4.42 Å². The van der Waals surface area contributed by atoms with Crippen molar-refractivity contribution in [3.05, 3.63) is 28.7 Å². The zero-order valence-electron chi connectivity index (χ0n) is 9.40. The summed E-state index contributed by atoms with van der Waals surface area (Å²) >= 11 is 0. The van der Waals surface area contributed by atoms with Gasteiger partial charge in [0.25, 0.3) is 0 Å². The highest BCUT2D eigenvalue weighted by molar-refractivity contribution is 5.76. The lowest BCUT2D eigenvalue weighted by Gasteiger charge is -2.18. The van der Waals surface area contributed by atoms with Gasteiger partial charge in [-0.25, -0.2) is 4.79 Å². The fourth-order valence-electron chi connectivity index (χ4n) is 2.42. The van der Waals surface area contributed by atoms with Crippen LogP contribution in [0, 0.1) is 0 Å². The summed E-state index contributed by atoms with van der Waals surface area (Å²) in [6.45, 7) is 0. The van der Waals surface area contributed by atoms with Gasteiger partial charge < -0.3 is 15.5 Å². The van der Waals surface area contributed by atoms with Crippen LogP contribution in [-0.2, 0) is 0 Å². The number of hydrogen-bond donors (Lipinski definition) is 3. The van der Waals surface area contributed by atoms with E-state index < -0.39 is 5.76 Å². The van der Waals surface area contributed by atoms with Gasteiger partial charge in [-0.3, -0.25) is 4.98 Å². The number of oxazole rings is 1. The molecule has 90 valence electrons. The largest absolute Gasteiger partial charge is 0.417 e. The molecule has 5 heteroatoms. The maximum absolute atomic E-state index is 11.0. The molecule has 2 unspecified atom stereocenters. The smallest absolute Gasteiger partial charge is 0.408 e. The Kier molecular flexibility index (Phi) is 2.40. The molecule has 0 spiro atoms. The fourth-order valence-corrected chi connectivity index (χ4v) is 2.42. The van der Waals surface area contributed by atoms with Crippen LogP contribution in [0.1, 0.15) is 19.3 Å². The van der Waals surface area contributed by atoms with Gasteiger partial charge in [0.2, 0.25) is 0 Å². The molecule has 2 atom stereocenters. The van der Waals surface area contributed by atoms with Crippen molar-refractivity contribution in [3.63, 3.8) is 0 Å². The zero-order valence-corrected chi connectivity index (χ0v) is 9.40. The van der Waals surface area contributed by atoms with Gasteiger partial charge in [-0.05, 0) is 31.4 Å². The molecule has 1 aliphatic carbocycles. The minimum Gasteiger partial charge on any atom is -0.408 e. The van der Waals surface area contributed by atoms with Crippen LogP contribution >= 0.6 is 0 Å². The van der Waals surface area contributed by atoms with Crippen LogP contribution < -0.4 is 16.8 Å². The molecule has 0 saturated heterocycles. The van der Waals surface area contributed by atoms with E-state index in [0.717, 1.165) is 24.0 Å². The second-order valence-electron chi connectivity index (χ2n) is 4.57. The first-order valence-corrected chi connectivity index (χ1v) is 5.87. The summed E-state index contributed by atoms with van der Waals surface area (Å²) in [7, 11) is 0. The lowest BCUT2D eigenvalue weighted by Crippen LogP contribution is -2.35. The molecule has 0 radical (unpaired) electrons. The topological polar surface area (TPSA) is 84.0 Å². The summed E-state index contributed by atoms with van der Waals surface area (Å²) in [5.74, 6) is -0.422. The highest BCUT2D eigenvalue weighted by Crippen LogP contribution is 2.23. The van der Waals surface area contributed by atoms with E-state index in [-0.39, 0.29) is 6.04 Å². The quantitative estimate of drug-likeness (QED) is 0.732. The minimum absolute atomic E-state index is 0.212. The van der Waals surface area contributed by atoms with Crippen molar-refractivity contribution in [2.24, 2.45) is 5.73 Å². The lowest BCUT2D eigenvalue weighted by molar-refractivity contribution is 0.555. The molecule has 1 heterocycles. The van der Waals surface area contributed by atoms with E-state index in [4.69, 9.17) is 10.2 Å². The first kappa shape index (κ1) is 10.4. The van der Waals surface area contributed by atoms with Gasteiger partial charge in [0, 0.05) is 23.8 Å². The lowest BCUT2D eigenvalue weighted by atomic mass is 10.1. The fraction of sp³-hybridized carbons (Fsp3) is 0.417. The summed E-state index contributed by atoms with van der Waals surface area (Å²) in [6.07, 6.45) is 3.33. The van der Waals surface area contributed by atoms with E-state index in [2.05, 4.69) is 10.3 Å². The minimum atomic E-state index is -0.422. The molecular formula is C12H15N3O2. The van der Waals surface area contributed by atoms with Crippen molar-refractivity contribution in [2.45, 2.75) is 31.3 Å². The van der Waals surface area contributed by atoms with Crippen molar-refractivity contribution in [1.29, 1.82) is 0 Å². The third-order valence-electron chi connectivity index (χ3n) is 3.34. The number of aromatic nitrogens is 1. The number of hydrogen-bond acceptors (Lipinski definition) is 4. The molecule has 17 heavy (non-hydrogen) atoms. The van der Waals surface area contributed by atoms with Gasteiger partial charge in [0.15, 0.2) is 5.58 Å². The molecule has 5 nitrogen and oxygen atoms in total. The average molecular weight is 233 g/mol. The Labute approximate surface area is 98.0 Å². The van der Waals surface area contributed by atoms with E-state index in [1.165, 1.54) is 6.42 Å². The number of nitrogens with two attached hydrogens (primary N) is 1. The van der Waals surface area contributed by atoms with Gasteiger partial charge in [0.1, 0.15) is 0 Å². The molecule has 1 aromatic heterocycles. The second-order valence-corrected chi connectivity index (χ2v) is 4.57. The first-order valence-electron chi connectivity index (χ1n) is 5.87. The molecule has 0 bridgehead atoms. The van der Waals surface area contributed by atoms with E-state index >= 15 is 0 Å². The summed E-state index contributed by atoms with van der Waals surface area (Å²) in [6, 6.07) is 6.13. The average Bonchev–Trinajstić information content (AvgIpc) is 2.84. The SMILES string of the molecule is NC1CCCC1Nc1ccc2[nH]c(=O)oc2c1. The van der Waals surface area contributed by atoms with Crippen LogP contribution in [0.25, 0.3) is 11.1 Å². The normalized spacial score (nSPS) is 24.3. The molecular weight excluding hydrogens is 218 g/mol. The Bertz CT molecular complexity index is 587. The Morgan fingerprint density at radius 3 is 3.06 bits per heavy atom. The van der Waals surface area contributed by atoms with Crippen molar-refractivity contribution in [1.82, 2.24) is 4.98 Å². The van der Waals surface area contributed by atoms with E-state index in [0.29, 0.717) is 11.6 Å². The highest BCUT2D eigenvalue weighted by Gasteiger charge is 2.23. The molecule has 0 aliphatic heterocycles. The van der Waals surface area contributed by atoms with Crippen LogP contribution in [0.15, 0.2) is 27.4 Å². The number of H-pyrrole nitrogens is 1. The van der Waals surface area contributed by atoms with Gasteiger partial charge >= 0.3 is 5.76 Å². The molecule has 1 fully saturated rings. The Hall–Kier alpha value is -1.75. The summed E-state index contributed by atoms with van der Waals surface area (Å²) in [5, 5.41) is 3.39. The summed E-state index contributed by atoms with van der Waals surface area (Å²) < 4.78 is 5.02. The highest BCUT2D eigenvalue weighted by atomic mass is 16.4. The van der Waals surface area contributed by atoms with E-state index in [9.17, 15) is 4.79 Å². The third kappa shape index (κ3) is 1.93. The molecule has 3 rings (SSSR count). The predicted molar refractivity (Wildman–Crippen MR) is 66.1 cm³/mol. The van der Waals surface area contributed by atoms with Gasteiger partial charge in [-0.15, -0.1) is 0 Å². The second kappa shape index (κ2) is 3.92. The van der Waals surface area contributed by atoms with Crippen LogP contribution in [0.4, 0.5) is 5.69 Å². The molecule has 0 amide bonds. The number of nitrogens with one attached hydrogen (secondary N) is 2. The van der Waals surface area contributed by atoms with Crippen LogP contribution in [0.3, 0.4) is 0 Å². The van der Waals surface area contributed by atoms with Crippen molar-refractivity contribution in [2.75, 3.05) is 5.32 Å². The van der Waals surface area contributed by atoms with Crippen LogP contribution in [-0.4, -0.2) is 17.1 Å². The molecule has 4 N–H and O–H groups in total.